The zero-order valence-corrected chi connectivity index (χ0v) is 18.3. The van der Waals surface area contributed by atoms with Crippen LogP contribution in [0.5, 0.6) is 0 Å². The molecule has 2 heterocycles. The lowest BCUT2D eigenvalue weighted by Gasteiger charge is -2.27. The van der Waals surface area contributed by atoms with Crippen molar-refractivity contribution in [2.45, 2.75) is 19.4 Å². The Balaban J connectivity index is 1.48. The van der Waals surface area contributed by atoms with Crippen LogP contribution in [-0.2, 0) is 11.2 Å². The molecule has 1 amide bonds. The molecule has 0 bridgehead atoms. The number of benzene rings is 3. The number of amides is 1. The maximum absolute atomic E-state index is 13.6. The summed E-state index contributed by atoms with van der Waals surface area (Å²) in [6.45, 7) is 2.67. The molecule has 2 unspecified atom stereocenters. The van der Waals surface area contributed by atoms with Gasteiger partial charge < -0.3 is 0 Å². The first kappa shape index (κ1) is 20.5. The summed E-state index contributed by atoms with van der Waals surface area (Å²) in [6.07, 6.45) is 0.877. The van der Waals surface area contributed by atoms with Crippen molar-refractivity contribution < 1.29 is 9.18 Å². The Kier molecular flexibility index (Phi) is 5.31. The van der Waals surface area contributed by atoms with Crippen LogP contribution in [0.3, 0.4) is 0 Å². The maximum Gasteiger partial charge on any atom is 0.286 e. The number of fused-ring (bicyclic) bond motifs is 1. The zero-order valence-electron chi connectivity index (χ0n) is 17.5. The van der Waals surface area contributed by atoms with Crippen molar-refractivity contribution in [3.63, 3.8) is 0 Å². The van der Waals surface area contributed by atoms with Gasteiger partial charge >= 0.3 is 0 Å². The number of nitrogens with zero attached hydrogens (tertiary/aromatic N) is 3. The van der Waals surface area contributed by atoms with E-state index in [1.165, 1.54) is 17.7 Å². The summed E-state index contributed by atoms with van der Waals surface area (Å²) in [4.78, 5) is 13.3. The van der Waals surface area contributed by atoms with Crippen LogP contribution >= 0.6 is 11.6 Å². The lowest BCUT2D eigenvalue weighted by Crippen LogP contribution is -2.45. The van der Waals surface area contributed by atoms with E-state index >= 15 is 0 Å². The molecule has 2 aliphatic rings. The largest absolute Gasteiger partial charge is 0.286 e. The van der Waals surface area contributed by atoms with E-state index in [4.69, 9.17) is 16.7 Å². The standard InChI is InChI=1S/C25H22ClFN4O/c1-16-23(25(32)29-30-15-14-17-6-2-4-8-21(17)30)28-31(22-9-5-3-7-20(22)26)24(16)18-10-12-19(27)13-11-18/h2-13,16,24H,14-15H2,1H3,(H,29,32). The summed E-state index contributed by atoms with van der Waals surface area (Å²) in [7, 11) is 0. The van der Waals surface area contributed by atoms with E-state index < -0.39 is 0 Å². The average Bonchev–Trinajstić information content (AvgIpc) is 3.36. The van der Waals surface area contributed by atoms with Crippen LogP contribution in [0.25, 0.3) is 0 Å². The third kappa shape index (κ3) is 3.60. The Hall–Kier alpha value is -3.38. The molecular formula is C25H22ClFN4O. The molecule has 0 aromatic heterocycles. The van der Waals surface area contributed by atoms with E-state index in [2.05, 4.69) is 11.5 Å². The van der Waals surface area contributed by atoms with Gasteiger partial charge in [0.05, 0.1) is 22.4 Å². The number of halogens is 2. The maximum atomic E-state index is 13.6. The molecule has 0 radical (unpaired) electrons. The van der Waals surface area contributed by atoms with Gasteiger partial charge in [-0.15, -0.1) is 0 Å². The topological polar surface area (TPSA) is 47.9 Å². The van der Waals surface area contributed by atoms with Gasteiger partial charge in [-0.3, -0.25) is 20.2 Å². The molecule has 2 atom stereocenters. The van der Waals surface area contributed by atoms with E-state index in [1.807, 2.05) is 48.3 Å². The quantitative estimate of drug-likeness (QED) is 0.602. The molecule has 5 nitrogen and oxygen atoms in total. The minimum Gasteiger partial charge on any atom is -0.285 e. The predicted octanol–water partition coefficient (Wildman–Crippen LogP) is 5.13. The van der Waals surface area contributed by atoms with Crippen LogP contribution in [0, 0.1) is 11.7 Å². The number of hydrazone groups is 1. The Morgan fingerprint density at radius 1 is 1.03 bits per heavy atom. The highest BCUT2D eigenvalue weighted by Crippen LogP contribution is 2.41. The zero-order chi connectivity index (χ0) is 22.2. The van der Waals surface area contributed by atoms with Crippen molar-refractivity contribution in [3.8, 4) is 0 Å². The van der Waals surface area contributed by atoms with Crippen LogP contribution < -0.4 is 15.4 Å². The predicted molar refractivity (Wildman–Crippen MR) is 125 cm³/mol. The fourth-order valence-electron chi connectivity index (χ4n) is 4.45. The Bertz CT molecular complexity index is 1200. The number of hydrazine groups is 1. The third-order valence-electron chi connectivity index (χ3n) is 6.05. The van der Waals surface area contributed by atoms with Crippen LogP contribution in [0.2, 0.25) is 5.02 Å². The van der Waals surface area contributed by atoms with Gasteiger partial charge in [-0.1, -0.05) is 61.0 Å². The number of nitrogens with one attached hydrogen (secondary N) is 1. The summed E-state index contributed by atoms with van der Waals surface area (Å²) < 4.78 is 13.6. The average molecular weight is 449 g/mol. The van der Waals surface area contributed by atoms with Crippen LogP contribution in [-0.4, -0.2) is 18.2 Å². The molecule has 162 valence electrons. The number of carbonyl (C=O) groups is 1. The van der Waals surface area contributed by atoms with Crippen molar-refractivity contribution in [3.05, 3.63) is 94.8 Å². The molecule has 32 heavy (non-hydrogen) atoms. The first-order valence-electron chi connectivity index (χ1n) is 10.6. The number of rotatable bonds is 4. The molecule has 0 spiro atoms. The van der Waals surface area contributed by atoms with Gasteiger partial charge in [0.1, 0.15) is 11.5 Å². The van der Waals surface area contributed by atoms with Gasteiger partial charge in [-0.05, 0) is 47.9 Å². The fraction of sp³-hybridized carbons (Fsp3) is 0.200. The molecule has 1 N–H and O–H groups in total. The highest BCUT2D eigenvalue weighted by atomic mass is 35.5. The van der Waals surface area contributed by atoms with Gasteiger partial charge in [0.2, 0.25) is 0 Å². The number of hydrogen-bond acceptors (Lipinski definition) is 4. The number of para-hydroxylation sites is 2. The summed E-state index contributed by atoms with van der Waals surface area (Å²) in [5.74, 6) is -0.805. The van der Waals surface area contributed by atoms with Crippen molar-refractivity contribution in [2.24, 2.45) is 11.0 Å². The van der Waals surface area contributed by atoms with Gasteiger partial charge in [0.15, 0.2) is 0 Å². The van der Waals surface area contributed by atoms with E-state index in [1.54, 1.807) is 23.2 Å². The molecule has 7 heteroatoms. The summed E-state index contributed by atoms with van der Waals surface area (Å²) in [6, 6.07) is 21.4. The van der Waals surface area contributed by atoms with Crippen molar-refractivity contribution >= 4 is 34.6 Å². The molecule has 0 fully saturated rings. The Labute approximate surface area is 191 Å². The van der Waals surface area contributed by atoms with Crippen molar-refractivity contribution in [2.75, 3.05) is 16.6 Å². The summed E-state index contributed by atoms with van der Waals surface area (Å²) in [5, 5.41) is 8.89. The first-order valence-corrected chi connectivity index (χ1v) is 10.9. The van der Waals surface area contributed by atoms with Gasteiger partial charge in [0, 0.05) is 12.5 Å². The van der Waals surface area contributed by atoms with E-state index in [-0.39, 0.29) is 23.7 Å². The molecule has 3 aromatic rings. The van der Waals surface area contributed by atoms with E-state index in [0.29, 0.717) is 23.0 Å². The molecule has 3 aromatic carbocycles. The van der Waals surface area contributed by atoms with Gasteiger partial charge in [-0.25, -0.2) is 4.39 Å². The molecule has 0 aliphatic carbocycles. The fourth-order valence-corrected chi connectivity index (χ4v) is 4.67. The van der Waals surface area contributed by atoms with Gasteiger partial charge in [0.25, 0.3) is 5.91 Å². The molecule has 2 aliphatic heterocycles. The first-order chi connectivity index (χ1) is 15.5. The second-order valence-electron chi connectivity index (χ2n) is 8.04. The molecule has 0 saturated heterocycles. The summed E-state index contributed by atoms with van der Waals surface area (Å²) in [5.41, 5.74) is 7.19. The SMILES string of the molecule is CC1C(C(=O)NN2CCc3ccccc32)=NN(c2ccccc2Cl)C1c1ccc(F)cc1. The van der Waals surface area contributed by atoms with Crippen LogP contribution in [0.1, 0.15) is 24.1 Å². The minimum absolute atomic E-state index is 0.241. The minimum atomic E-state index is -0.310. The Morgan fingerprint density at radius 2 is 1.72 bits per heavy atom. The van der Waals surface area contributed by atoms with Crippen molar-refractivity contribution in [1.82, 2.24) is 5.43 Å². The number of hydrogen-bond donors (Lipinski definition) is 1. The molecule has 0 saturated carbocycles. The van der Waals surface area contributed by atoms with E-state index in [9.17, 15) is 9.18 Å². The van der Waals surface area contributed by atoms with Crippen LogP contribution in [0.4, 0.5) is 15.8 Å². The second kappa shape index (κ2) is 8.28. The third-order valence-corrected chi connectivity index (χ3v) is 6.37. The van der Waals surface area contributed by atoms with Crippen molar-refractivity contribution in [1.29, 1.82) is 0 Å². The highest BCUT2D eigenvalue weighted by molar-refractivity contribution is 6.41. The molecular weight excluding hydrogens is 427 g/mol. The number of carbonyl (C=O) groups excluding carboxylic acids is 1. The lowest BCUT2D eigenvalue weighted by atomic mass is 9.91. The smallest absolute Gasteiger partial charge is 0.285 e. The second-order valence-corrected chi connectivity index (χ2v) is 8.44. The number of anilines is 2. The van der Waals surface area contributed by atoms with Crippen LogP contribution in [0.15, 0.2) is 77.9 Å². The monoisotopic (exact) mass is 448 g/mol. The lowest BCUT2D eigenvalue weighted by molar-refractivity contribution is -0.115. The summed E-state index contributed by atoms with van der Waals surface area (Å²) >= 11 is 6.47. The molecule has 5 rings (SSSR count). The normalized spacial score (nSPS) is 19.7. The highest BCUT2D eigenvalue weighted by Gasteiger charge is 2.40. The van der Waals surface area contributed by atoms with Gasteiger partial charge in [-0.2, -0.15) is 5.10 Å². The van der Waals surface area contributed by atoms with E-state index in [0.717, 1.165) is 17.7 Å². The Morgan fingerprint density at radius 3 is 2.47 bits per heavy atom.